The van der Waals surface area contributed by atoms with Crippen LogP contribution in [0.1, 0.15) is 75.3 Å². The van der Waals surface area contributed by atoms with Crippen molar-refractivity contribution >= 4 is 33.9 Å². The van der Waals surface area contributed by atoms with E-state index in [1.165, 1.54) is 75.3 Å². The van der Waals surface area contributed by atoms with Crippen LogP contribution >= 0.6 is 0 Å². The minimum atomic E-state index is 0.0481. The molecule has 0 spiro atoms. The van der Waals surface area contributed by atoms with Crippen LogP contribution in [0.5, 0.6) is 0 Å². The molecule has 10 heteroatoms. The lowest BCUT2D eigenvalue weighted by molar-refractivity contribution is -0.122. The monoisotopic (exact) mass is 656 g/mol. The van der Waals surface area contributed by atoms with Crippen LogP contribution in [0.25, 0.3) is 22.1 Å². The number of carbonyl (C=O) groups excluding carboxylic acids is 2. The number of likely N-dealkylation sites (N-methyl/N-ethyl adjacent to an activating group) is 2. The molecule has 2 aromatic carbocycles. The molecule has 2 aromatic heterocycles. The molecule has 4 aromatic rings. The van der Waals surface area contributed by atoms with E-state index in [1.807, 2.05) is 40.3 Å². The van der Waals surface area contributed by atoms with E-state index in [1.54, 1.807) is 12.7 Å². The van der Waals surface area contributed by atoms with Gasteiger partial charge in [0.2, 0.25) is 11.8 Å². The molecule has 2 fully saturated rings. The molecule has 0 unspecified atom stereocenters. The third-order valence-electron chi connectivity index (χ3n) is 10.2. The molecule has 0 radical (unpaired) electrons. The molecule has 2 saturated carbocycles. The fourth-order valence-corrected chi connectivity index (χ4v) is 7.17. The number of aryl methyl sites for hydroxylation is 2. The fraction of sp³-hybridized carbons (Fsp3) is 0.579. The van der Waals surface area contributed by atoms with Gasteiger partial charge in [-0.05, 0) is 89.0 Å². The van der Waals surface area contributed by atoms with Crippen molar-refractivity contribution in [2.75, 3.05) is 40.3 Å². The van der Waals surface area contributed by atoms with Crippen molar-refractivity contribution < 1.29 is 9.59 Å². The van der Waals surface area contributed by atoms with Crippen LogP contribution in [0.15, 0.2) is 49.1 Å². The Balaban J connectivity index is 0.000000188. The molecular weight excluding hydrogens is 600 g/mol. The SMILES string of the molecule is Cc1ccc2c(c1)ncn2CC(=O)NCCN(C)C1CCCCC1.Cc1ccc2ncn(CC(=O)NCCN(C)C3CCCCC3)c2c1. The number of carbonyl (C=O) groups is 2. The number of amides is 2. The van der Waals surface area contributed by atoms with Crippen molar-refractivity contribution in [1.29, 1.82) is 0 Å². The van der Waals surface area contributed by atoms with Gasteiger partial charge in [0.05, 0.1) is 34.7 Å². The lowest BCUT2D eigenvalue weighted by Gasteiger charge is -2.31. The highest BCUT2D eigenvalue weighted by Crippen LogP contribution is 2.22. The van der Waals surface area contributed by atoms with E-state index in [0.29, 0.717) is 38.3 Å². The molecule has 48 heavy (non-hydrogen) atoms. The van der Waals surface area contributed by atoms with Gasteiger partial charge in [-0.3, -0.25) is 9.59 Å². The molecule has 0 saturated heterocycles. The summed E-state index contributed by atoms with van der Waals surface area (Å²) in [6.07, 6.45) is 16.8. The molecule has 0 atom stereocenters. The number of imidazole rings is 2. The summed E-state index contributed by atoms with van der Waals surface area (Å²) in [4.78, 5) is 37.9. The van der Waals surface area contributed by atoms with Gasteiger partial charge in [0.25, 0.3) is 0 Å². The Morgan fingerprint density at radius 2 is 1.15 bits per heavy atom. The quantitative estimate of drug-likeness (QED) is 0.210. The summed E-state index contributed by atoms with van der Waals surface area (Å²) in [6, 6.07) is 13.6. The average molecular weight is 657 g/mol. The summed E-state index contributed by atoms with van der Waals surface area (Å²) in [7, 11) is 4.35. The Hall–Kier alpha value is -3.76. The first kappa shape index (κ1) is 35.5. The van der Waals surface area contributed by atoms with E-state index in [9.17, 15) is 9.59 Å². The zero-order valence-corrected chi connectivity index (χ0v) is 29.6. The van der Waals surface area contributed by atoms with Crippen LogP contribution in [-0.4, -0.2) is 93.1 Å². The first-order valence-corrected chi connectivity index (χ1v) is 18.0. The van der Waals surface area contributed by atoms with Gasteiger partial charge < -0.3 is 29.6 Å². The van der Waals surface area contributed by atoms with Gasteiger partial charge >= 0.3 is 0 Å². The molecule has 0 bridgehead atoms. The number of nitrogens with zero attached hydrogens (tertiary/aromatic N) is 6. The van der Waals surface area contributed by atoms with Gasteiger partial charge in [0, 0.05) is 38.3 Å². The highest BCUT2D eigenvalue weighted by Gasteiger charge is 2.19. The summed E-state index contributed by atoms with van der Waals surface area (Å²) in [5.74, 6) is 0.0970. The Morgan fingerprint density at radius 1 is 0.667 bits per heavy atom. The van der Waals surface area contributed by atoms with Crippen LogP contribution in [-0.2, 0) is 22.7 Å². The normalized spacial score (nSPS) is 16.0. The number of hydrogen-bond donors (Lipinski definition) is 2. The van der Waals surface area contributed by atoms with Crippen molar-refractivity contribution in [2.24, 2.45) is 0 Å². The maximum absolute atomic E-state index is 12.2. The Kier molecular flexibility index (Phi) is 13.0. The molecule has 10 nitrogen and oxygen atoms in total. The Bertz CT molecular complexity index is 1620. The van der Waals surface area contributed by atoms with E-state index in [4.69, 9.17) is 0 Å². The summed E-state index contributed by atoms with van der Waals surface area (Å²) < 4.78 is 3.83. The Labute approximate surface area is 286 Å². The molecule has 260 valence electrons. The summed E-state index contributed by atoms with van der Waals surface area (Å²) in [5.41, 5.74) is 6.27. The van der Waals surface area contributed by atoms with Gasteiger partial charge in [-0.25, -0.2) is 9.97 Å². The van der Waals surface area contributed by atoms with Gasteiger partial charge in [0.15, 0.2) is 0 Å². The Morgan fingerprint density at radius 3 is 1.71 bits per heavy atom. The second kappa shape index (κ2) is 17.6. The molecule has 2 heterocycles. The van der Waals surface area contributed by atoms with Crippen LogP contribution in [0.3, 0.4) is 0 Å². The number of hydrogen-bond acceptors (Lipinski definition) is 6. The van der Waals surface area contributed by atoms with Crippen molar-refractivity contribution in [3.63, 3.8) is 0 Å². The topological polar surface area (TPSA) is 100 Å². The number of aromatic nitrogens is 4. The largest absolute Gasteiger partial charge is 0.353 e. The van der Waals surface area contributed by atoms with Crippen molar-refractivity contribution in [2.45, 2.75) is 103 Å². The van der Waals surface area contributed by atoms with Gasteiger partial charge in [0.1, 0.15) is 13.1 Å². The predicted molar refractivity (Wildman–Crippen MR) is 194 cm³/mol. The first-order chi connectivity index (χ1) is 23.3. The third kappa shape index (κ3) is 10.1. The minimum Gasteiger partial charge on any atom is -0.353 e. The molecule has 2 aliphatic carbocycles. The molecule has 2 aliphatic rings. The smallest absolute Gasteiger partial charge is 0.240 e. The molecule has 2 N–H and O–H groups in total. The predicted octanol–water partition coefficient (Wildman–Crippen LogP) is 5.45. The van der Waals surface area contributed by atoms with E-state index in [2.05, 4.69) is 63.6 Å². The van der Waals surface area contributed by atoms with Crippen LogP contribution in [0, 0.1) is 13.8 Å². The lowest BCUT2D eigenvalue weighted by Crippen LogP contribution is -2.40. The average Bonchev–Trinajstić information content (AvgIpc) is 3.68. The van der Waals surface area contributed by atoms with Gasteiger partial charge in [-0.2, -0.15) is 0 Å². The third-order valence-corrected chi connectivity index (χ3v) is 10.2. The molecule has 2 amide bonds. The van der Waals surface area contributed by atoms with E-state index in [0.717, 1.165) is 35.2 Å². The zero-order valence-electron chi connectivity index (χ0n) is 29.6. The molecular formula is C38H56N8O2. The van der Waals surface area contributed by atoms with E-state index < -0.39 is 0 Å². The minimum absolute atomic E-state index is 0.0481. The number of benzene rings is 2. The molecule has 0 aliphatic heterocycles. The van der Waals surface area contributed by atoms with Gasteiger partial charge in [-0.1, -0.05) is 50.7 Å². The van der Waals surface area contributed by atoms with Crippen molar-refractivity contribution in [3.8, 4) is 0 Å². The van der Waals surface area contributed by atoms with Crippen LogP contribution in [0.2, 0.25) is 0 Å². The second-order valence-electron chi connectivity index (χ2n) is 14.0. The van der Waals surface area contributed by atoms with Crippen molar-refractivity contribution in [1.82, 2.24) is 39.5 Å². The maximum Gasteiger partial charge on any atom is 0.240 e. The summed E-state index contributed by atoms with van der Waals surface area (Å²) >= 11 is 0. The van der Waals surface area contributed by atoms with E-state index in [-0.39, 0.29) is 11.8 Å². The van der Waals surface area contributed by atoms with Crippen LogP contribution < -0.4 is 10.6 Å². The van der Waals surface area contributed by atoms with Crippen LogP contribution in [0.4, 0.5) is 0 Å². The highest BCUT2D eigenvalue weighted by atomic mass is 16.2. The first-order valence-electron chi connectivity index (χ1n) is 18.0. The van der Waals surface area contributed by atoms with Gasteiger partial charge in [-0.15, -0.1) is 0 Å². The number of fused-ring (bicyclic) bond motifs is 2. The summed E-state index contributed by atoms with van der Waals surface area (Å²) in [5, 5.41) is 6.08. The number of nitrogens with one attached hydrogen (secondary N) is 2. The molecule has 6 rings (SSSR count). The lowest BCUT2D eigenvalue weighted by atomic mass is 9.94. The summed E-state index contributed by atoms with van der Waals surface area (Å²) in [6.45, 7) is 8.00. The maximum atomic E-state index is 12.2. The standard InChI is InChI=1S/2C19H28N4O/c1-15-8-9-18-17(12-15)21-14-23(18)13-19(24)20-10-11-22(2)16-6-4-3-5-7-16;1-15-8-9-17-18(12-15)23(14-21-17)13-19(24)20-10-11-22(2)16-6-4-3-5-7-16/h2*8-9,12,14,16H,3-7,10-11,13H2,1-2H3,(H,20,24). The van der Waals surface area contributed by atoms with E-state index >= 15 is 0 Å². The number of rotatable bonds is 12. The van der Waals surface area contributed by atoms with Crippen molar-refractivity contribution in [3.05, 3.63) is 60.2 Å². The zero-order chi connectivity index (χ0) is 33.9. The highest BCUT2D eigenvalue weighted by molar-refractivity contribution is 5.81. The fourth-order valence-electron chi connectivity index (χ4n) is 7.17. The second-order valence-corrected chi connectivity index (χ2v) is 14.0.